The molecule has 17 aromatic rings. The molecule has 0 bridgehead atoms. The summed E-state index contributed by atoms with van der Waals surface area (Å²) in [5.41, 5.74) is 92.3. The largest absolute Gasteiger partial charge is 0.506 e. The maximum Gasteiger partial charge on any atom is 0.411 e. The summed E-state index contributed by atoms with van der Waals surface area (Å²) in [5.74, 6) is -17.1. The number of hydrogen-bond donors (Lipinski definition) is 18. The Morgan fingerprint density at radius 2 is 0.500 bits per heavy atom. The molecule has 1 aliphatic rings. The van der Waals surface area contributed by atoms with Gasteiger partial charge in [0, 0.05) is 87.8 Å². The fraction of sp³-hybridized carbons (Fsp3) is 0.0893. The van der Waals surface area contributed by atoms with E-state index >= 15 is 0 Å². The van der Waals surface area contributed by atoms with Gasteiger partial charge in [0.2, 0.25) is 5.41 Å². The van der Waals surface area contributed by atoms with Gasteiger partial charge in [0.25, 0.3) is 0 Å². The Kier molecular flexibility index (Phi) is 36.2. The zero-order valence-electron chi connectivity index (χ0n) is 79.9. The highest BCUT2D eigenvalue weighted by molar-refractivity contribution is 7.99. The second-order valence-corrected chi connectivity index (χ2v) is 36.4. The van der Waals surface area contributed by atoms with Crippen molar-refractivity contribution in [3.05, 3.63) is 430 Å². The maximum absolute atomic E-state index is 13.7. The number of aromatic hydroxyl groups is 2. The van der Waals surface area contributed by atoms with Crippen LogP contribution >= 0.6 is 23.5 Å². The van der Waals surface area contributed by atoms with Gasteiger partial charge < -0.3 is 107 Å². The highest BCUT2D eigenvalue weighted by atomic mass is 32.2. The molecule has 0 aliphatic heterocycles. The molecule has 0 unspecified atom stereocenters. The van der Waals surface area contributed by atoms with Gasteiger partial charge in [-0.3, -0.25) is 0 Å². The number of aryl methyl sites for hydroxylation is 2. The van der Waals surface area contributed by atoms with Crippen molar-refractivity contribution in [2.75, 3.05) is 91.7 Å². The number of halogens is 17. The van der Waals surface area contributed by atoms with Gasteiger partial charge in [-0.15, -0.1) is 0 Å². The van der Waals surface area contributed by atoms with Crippen molar-refractivity contribution in [1.29, 1.82) is 0 Å². The fourth-order valence-corrected chi connectivity index (χ4v) is 16.6. The zero-order chi connectivity index (χ0) is 110. The van der Waals surface area contributed by atoms with Gasteiger partial charge in [-0.1, -0.05) is 108 Å². The maximum atomic E-state index is 13.7. The highest BCUT2D eigenvalue weighted by Crippen LogP contribution is 2.57. The van der Waals surface area contributed by atoms with Crippen molar-refractivity contribution in [3.63, 3.8) is 0 Å². The first-order chi connectivity index (χ1) is 70.6. The second kappa shape index (κ2) is 48.2. The molecule has 0 fully saturated rings. The predicted octanol–water partition coefficient (Wildman–Crippen LogP) is 26.8. The van der Waals surface area contributed by atoms with Crippen LogP contribution in [0.3, 0.4) is 0 Å². The molecule has 0 radical (unpaired) electrons. The minimum Gasteiger partial charge on any atom is -0.506 e. The number of anilines is 16. The number of phenolic OH excluding ortho intramolecular Hbond substituents is 2. The molecule has 150 heavy (non-hydrogen) atoms. The van der Waals surface area contributed by atoms with Crippen LogP contribution in [0.1, 0.15) is 62.6 Å². The van der Waals surface area contributed by atoms with Gasteiger partial charge >= 0.3 is 18.5 Å². The number of rotatable bonds is 14. The van der Waals surface area contributed by atoms with E-state index in [1.165, 1.54) is 53.0 Å². The Morgan fingerprint density at radius 1 is 0.267 bits per heavy atom. The van der Waals surface area contributed by atoms with Crippen molar-refractivity contribution < 1.29 is 89.6 Å². The van der Waals surface area contributed by atoms with Crippen molar-refractivity contribution in [2.45, 2.75) is 82.6 Å². The van der Waals surface area contributed by atoms with E-state index in [-0.39, 0.29) is 45.4 Å². The summed E-state index contributed by atoms with van der Waals surface area (Å²) in [6.45, 7) is 5.10. The van der Waals surface area contributed by atoms with Crippen LogP contribution in [-0.4, -0.2) is 28.7 Å². The van der Waals surface area contributed by atoms with Gasteiger partial charge in [-0.2, -0.15) is 39.5 Å². The van der Waals surface area contributed by atoms with Crippen molar-refractivity contribution in [1.82, 2.24) is 0 Å². The lowest BCUT2D eigenvalue weighted by Crippen LogP contribution is -2.54. The van der Waals surface area contributed by atoms with Crippen LogP contribution in [-0.2, 0) is 23.7 Å². The molecular weight excluding hydrogens is 2000 g/mol. The van der Waals surface area contributed by atoms with E-state index in [4.69, 9.17) is 96.5 Å². The SMILES string of the molecule is CC(c1ccc(O)c(N)c1)(c1ccc(O)c(N)c1)C(F)(F)F.Cc1cc2c(cc1N)Cc1cc(N)c(C)cc1-2.Nc1c(F)c(F)c(-c2c(F)c(F)c(N)c(F)c2F)c(F)c1F.Nc1ccc(-c2ccc(N)cc2)cc1.Nc1ccc(C(c2ccc(N)cc2)(C(F)(F)F)C(F)(F)F)cc1.Nc1ccc(Cc2ccc(N)cc2)cc1.Nc1ccc(Oc2ccc(N)cc2)cc1.Nc1ccc(Sc2ccc(Sc3ccc(N)cc3)cc2)cc1. The Labute approximate surface area is 859 Å². The molecule has 0 atom stereocenters. The van der Waals surface area contributed by atoms with E-state index in [0.717, 1.165) is 195 Å². The Morgan fingerprint density at radius 3 is 0.753 bits per heavy atom. The van der Waals surface area contributed by atoms with Crippen LogP contribution in [0.4, 0.5) is 166 Å². The number of fused-ring (bicyclic) bond motifs is 3. The van der Waals surface area contributed by atoms with Gasteiger partial charge in [0.05, 0.1) is 22.5 Å². The zero-order valence-corrected chi connectivity index (χ0v) is 81.5. The summed E-state index contributed by atoms with van der Waals surface area (Å²) in [5, 5.41) is 18.8. The Balaban J connectivity index is 0.000000163. The van der Waals surface area contributed by atoms with Crippen LogP contribution in [0.25, 0.3) is 33.4 Å². The van der Waals surface area contributed by atoms with Crippen molar-refractivity contribution in [2.24, 2.45) is 0 Å². The summed E-state index contributed by atoms with van der Waals surface area (Å²) in [6.07, 6.45) is -14.0. The average molecular weight is 2110 g/mol. The van der Waals surface area contributed by atoms with E-state index in [1.807, 2.05) is 170 Å². The van der Waals surface area contributed by atoms with Crippen molar-refractivity contribution >= 4 is 115 Å². The van der Waals surface area contributed by atoms with Gasteiger partial charge in [0.1, 0.15) is 39.8 Å². The van der Waals surface area contributed by atoms with E-state index in [9.17, 15) is 84.9 Å². The number of alkyl halides is 9. The summed E-state index contributed by atoms with van der Waals surface area (Å²) in [4.78, 5) is 4.80. The topological polar surface area (TPSA) is 466 Å². The molecule has 1 aliphatic carbocycles. The third-order valence-corrected chi connectivity index (χ3v) is 25.4. The Bertz CT molecular complexity index is 6950. The number of nitrogen functional groups attached to an aromatic ring is 16. The normalized spacial score (nSPS) is 11.3. The lowest BCUT2D eigenvalue weighted by atomic mass is 9.73. The van der Waals surface area contributed by atoms with Crippen LogP contribution in [0.2, 0.25) is 0 Å². The Hall–Kier alpha value is -17.6. The predicted molar refractivity (Wildman–Crippen MR) is 569 cm³/mol. The van der Waals surface area contributed by atoms with E-state index < -0.39 is 110 Å². The molecule has 0 spiro atoms. The van der Waals surface area contributed by atoms with Crippen LogP contribution in [0.15, 0.2) is 347 Å². The molecule has 0 aromatic heterocycles. The lowest BCUT2D eigenvalue weighted by Gasteiger charge is -2.38. The van der Waals surface area contributed by atoms with Crippen molar-refractivity contribution in [3.8, 4) is 56.4 Å². The number of ether oxygens (including phenoxy) is 1. The summed E-state index contributed by atoms with van der Waals surface area (Å²) in [6, 6.07) is 92.5. The number of benzene rings is 17. The first kappa shape index (κ1) is 113. The summed E-state index contributed by atoms with van der Waals surface area (Å²) < 4.78 is 237. The van der Waals surface area contributed by atoms with Gasteiger partial charge in [0.15, 0.2) is 46.5 Å². The quantitative estimate of drug-likeness (QED) is 0.0208. The van der Waals surface area contributed by atoms with Crippen LogP contribution < -0.4 is 96.5 Å². The second-order valence-electron chi connectivity index (χ2n) is 34.1. The van der Waals surface area contributed by atoms with E-state index in [0.29, 0.717) is 0 Å². The third-order valence-electron chi connectivity index (χ3n) is 23.4. The average Bonchev–Trinajstić information content (AvgIpc) is 0.800. The molecule has 778 valence electrons. The summed E-state index contributed by atoms with van der Waals surface area (Å²) in [7, 11) is 0. The molecule has 17 aromatic carbocycles. The monoisotopic (exact) mass is 2100 g/mol. The molecule has 19 nitrogen and oxygen atoms in total. The summed E-state index contributed by atoms with van der Waals surface area (Å²) >= 11 is 3.46. The highest BCUT2D eigenvalue weighted by Gasteiger charge is 2.72. The smallest absolute Gasteiger partial charge is 0.411 e. The number of nitrogens with two attached hydrogens (primary N) is 16. The molecule has 18 rings (SSSR count). The number of hydrogen-bond acceptors (Lipinski definition) is 21. The lowest BCUT2D eigenvalue weighted by molar-refractivity contribution is -0.288. The van der Waals surface area contributed by atoms with Crippen LogP contribution in [0.5, 0.6) is 23.0 Å². The number of phenols is 2. The third kappa shape index (κ3) is 27.6. The molecule has 34 N–H and O–H groups in total. The molecule has 0 saturated heterocycles. The molecule has 38 heteroatoms. The minimum atomic E-state index is -5.61. The van der Waals surface area contributed by atoms with Gasteiger partial charge in [-0.25, -0.2) is 35.1 Å². The molecule has 0 heterocycles. The molecular formula is C112H101F17N16O3S2. The van der Waals surface area contributed by atoms with Crippen LogP contribution in [0, 0.1) is 60.4 Å². The first-order valence-electron chi connectivity index (χ1n) is 44.7. The van der Waals surface area contributed by atoms with E-state index in [1.54, 1.807) is 47.8 Å². The first-order valence-corrected chi connectivity index (χ1v) is 46.4. The molecule has 0 saturated carbocycles. The molecule has 0 amide bonds. The van der Waals surface area contributed by atoms with Gasteiger partial charge in [-0.05, 0) is 354 Å². The van der Waals surface area contributed by atoms with E-state index in [2.05, 4.69) is 62.4 Å². The fourth-order valence-electron chi connectivity index (χ4n) is 14.9. The minimum absolute atomic E-state index is 0.0595. The standard InChI is InChI=1S/C18H16N2S2.C15H12F6N2.C15H15F3N2O2.C15H16N2.C13H14N2.C12H4F8N2.C12H12N2O.C12H12N2/c19-13-1-5-15(6-2-13)21-17-9-11-18(12-10-17)22-16-7-3-14(20)4-8-16;16-14(17,18)13(15(19,20)21,9-1-5-11(22)6-2-9)10-3-7-12(23)8-4-10;1-14(15(16,17)18,8-2-4-12(21)10(19)6-8)9-3-5-13(22)11(20)7-9;1-8-3-12-10(6-14(8)16)5-11-7-15(17)9(2)4-13(11)12;14-12-5-1-10(2-6-12)9-11-3-7-13(15)8-4-11;13-3-1(4(14)8(18)11(21)7(3)17)2-5(15)9(19)12(22)10(20)6(2)16;13-9-1-5-11(6-2-9)15-12-7-3-10(14)4-8-12;13-11-5-1-9(2-6-11)10-3-7-12(14)8-4-10/h1-12H,19-20H2;1-8H,22-23H2;2-7,21-22H,19-20H2,1H3;3-4,6-7H,5,16-17H2,1-2H3;1-8H,9,14-15H2;21-22H2;1-8H,13-14H2;1-8H,13-14H2.